The van der Waals surface area contributed by atoms with Gasteiger partial charge in [-0.1, -0.05) is 6.92 Å². The van der Waals surface area contributed by atoms with E-state index in [1.807, 2.05) is 20.8 Å². The van der Waals surface area contributed by atoms with Gasteiger partial charge in [0.05, 0.1) is 48.1 Å². The van der Waals surface area contributed by atoms with E-state index < -0.39 is 5.60 Å². The van der Waals surface area contributed by atoms with Crippen molar-refractivity contribution in [1.82, 2.24) is 14.9 Å². The molecule has 0 radical (unpaired) electrons. The van der Waals surface area contributed by atoms with Gasteiger partial charge in [-0.3, -0.25) is 14.4 Å². The number of ketones is 1. The van der Waals surface area contributed by atoms with Gasteiger partial charge >= 0.3 is 0 Å². The number of fused-ring (bicyclic) bond motifs is 5. The minimum atomic E-state index is -1.72. The first-order chi connectivity index (χ1) is 19.4. The maximum Gasteiger partial charge on any atom is 0.254 e. The lowest BCUT2D eigenvalue weighted by atomic mass is 9.77. The lowest BCUT2D eigenvalue weighted by Gasteiger charge is -2.32. The number of carbonyl (C=O) groups is 2. The van der Waals surface area contributed by atoms with Gasteiger partial charge in [-0.05, 0) is 76.1 Å². The molecule has 41 heavy (non-hydrogen) atoms. The molecular formula is C32H36FN3O5. The quantitative estimate of drug-likeness (QED) is 0.363. The van der Waals surface area contributed by atoms with Crippen molar-refractivity contribution in [2.75, 3.05) is 0 Å². The van der Waals surface area contributed by atoms with E-state index in [0.29, 0.717) is 46.4 Å². The van der Waals surface area contributed by atoms with Gasteiger partial charge in [-0.2, -0.15) is 0 Å². The zero-order valence-electron chi connectivity index (χ0n) is 24.2. The highest BCUT2D eigenvalue weighted by molar-refractivity contribution is 5.94. The SMILES string of the molecule is CC[C@@]1(O)C(=O)CCc2c1cc1n(c2=O)Cc2c-1nc1cc(F)c(C)c3c1c2[C@@H](NC(=O)C[C@H](C)OC(C)C)CC3. The highest BCUT2D eigenvalue weighted by Gasteiger charge is 2.44. The number of aromatic nitrogens is 2. The molecule has 0 unspecified atom stereocenters. The average Bonchev–Trinajstić information content (AvgIpc) is 3.28. The molecule has 3 atom stereocenters. The van der Waals surface area contributed by atoms with Crippen molar-refractivity contribution >= 4 is 22.6 Å². The molecule has 0 fully saturated rings. The minimum Gasteiger partial charge on any atom is -0.377 e. The largest absolute Gasteiger partial charge is 0.377 e. The van der Waals surface area contributed by atoms with E-state index in [-0.39, 0.29) is 73.5 Å². The predicted molar refractivity (Wildman–Crippen MR) is 152 cm³/mol. The van der Waals surface area contributed by atoms with E-state index in [1.165, 1.54) is 6.07 Å². The van der Waals surface area contributed by atoms with Crippen LogP contribution in [0.3, 0.4) is 0 Å². The lowest BCUT2D eigenvalue weighted by molar-refractivity contribution is -0.140. The number of Topliss-reactive ketones (excluding diaryl/α,β-unsaturated/α-hetero) is 1. The summed E-state index contributed by atoms with van der Waals surface area (Å²) in [6.07, 6.45) is 1.67. The fourth-order valence-electron chi connectivity index (χ4n) is 7.11. The van der Waals surface area contributed by atoms with Crippen LogP contribution >= 0.6 is 0 Å². The van der Waals surface area contributed by atoms with E-state index in [9.17, 15) is 19.5 Å². The molecule has 2 aromatic heterocycles. The summed E-state index contributed by atoms with van der Waals surface area (Å²) in [4.78, 5) is 44.6. The third kappa shape index (κ3) is 4.24. The molecule has 216 valence electrons. The number of ether oxygens (including phenoxy) is 1. The molecule has 3 heterocycles. The van der Waals surface area contributed by atoms with Crippen molar-refractivity contribution < 1.29 is 23.8 Å². The van der Waals surface area contributed by atoms with Crippen LogP contribution in [0.5, 0.6) is 0 Å². The number of benzene rings is 1. The van der Waals surface area contributed by atoms with Gasteiger partial charge in [0.1, 0.15) is 11.4 Å². The van der Waals surface area contributed by atoms with Crippen LogP contribution in [0.2, 0.25) is 0 Å². The van der Waals surface area contributed by atoms with E-state index in [2.05, 4.69) is 5.32 Å². The molecule has 0 bridgehead atoms. The van der Waals surface area contributed by atoms with Crippen LogP contribution < -0.4 is 10.9 Å². The number of carbonyl (C=O) groups excluding carboxylic acids is 2. The highest BCUT2D eigenvalue weighted by Crippen LogP contribution is 2.46. The maximum absolute atomic E-state index is 15.1. The Labute approximate surface area is 237 Å². The second-order valence-corrected chi connectivity index (χ2v) is 12.0. The van der Waals surface area contributed by atoms with Crippen molar-refractivity contribution in [3.05, 3.63) is 61.7 Å². The second-order valence-electron chi connectivity index (χ2n) is 12.0. The molecule has 8 nitrogen and oxygen atoms in total. The molecule has 0 saturated heterocycles. The van der Waals surface area contributed by atoms with E-state index in [0.717, 1.165) is 22.1 Å². The first-order valence-electron chi connectivity index (χ1n) is 14.6. The third-order valence-electron chi connectivity index (χ3n) is 9.07. The standard InChI is InChI=1S/C32H36FN3O5/c1-6-32(40)21-12-25-30-20(14-36(25)31(39)19(21)8-10-26(32)37)29-23(34-27(38)11-16(4)41-15(2)3)9-7-18-17(5)22(33)13-24(35-30)28(18)29/h12-13,15-16,23,40H,6-11,14H2,1-5H3,(H,34,38)/t16-,23-,32-/m0/s1. The number of aliphatic hydroxyl groups is 1. The maximum atomic E-state index is 15.1. The first kappa shape index (κ1) is 27.7. The minimum absolute atomic E-state index is 0.00335. The van der Waals surface area contributed by atoms with Crippen LogP contribution in [0.15, 0.2) is 16.9 Å². The topological polar surface area (TPSA) is 111 Å². The Morgan fingerprint density at radius 2 is 1.95 bits per heavy atom. The summed E-state index contributed by atoms with van der Waals surface area (Å²) in [5.41, 5.74) is 3.44. The summed E-state index contributed by atoms with van der Waals surface area (Å²) in [6.45, 7) is 9.48. The number of amides is 1. The molecular weight excluding hydrogens is 525 g/mol. The fourth-order valence-corrected chi connectivity index (χ4v) is 7.11. The van der Waals surface area contributed by atoms with E-state index in [4.69, 9.17) is 9.72 Å². The number of nitrogens with one attached hydrogen (secondary N) is 1. The molecule has 9 heteroatoms. The van der Waals surface area contributed by atoms with Crippen LogP contribution in [0.1, 0.15) is 92.8 Å². The van der Waals surface area contributed by atoms with Crippen molar-refractivity contribution in [1.29, 1.82) is 0 Å². The zero-order valence-corrected chi connectivity index (χ0v) is 24.2. The number of halogens is 1. The summed E-state index contributed by atoms with van der Waals surface area (Å²) in [5.74, 6) is -0.782. The van der Waals surface area contributed by atoms with Crippen LogP contribution in [-0.2, 0) is 39.3 Å². The molecule has 3 aromatic rings. The Morgan fingerprint density at radius 3 is 2.66 bits per heavy atom. The average molecular weight is 562 g/mol. The molecule has 0 saturated carbocycles. The van der Waals surface area contributed by atoms with Crippen molar-refractivity contribution in [2.45, 2.75) is 104 Å². The zero-order chi connectivity index (χ0) is 29.4. The number of aryl methyl sites for hydroxylation is 1. The molecule has 1 amide bonds. The van der Waals surface area contributed by atoms with Gasteiger partial charge in [0.2, 0.25) is 5.91 Å². The summed E-state index contributed by atoms with van der Waals surface area (Å²) in [7, 11) is 0. The fraction of sp³-hybridized carbons (Fsp3) is 0.500. The van der Waals surface area contributed by atoms with E-state index in [1.54, 1.807) is 24.5 Å². The summed E-state index contributed by atoms with van der Waals surface area (Å²) < 4.78 is 22.5. The molecule has 6 rings (SSSR count). The van der Waals surface area contributed by atoms with Gasteiger partial charge in [-0.15, -0.1) is 0 Å². The van der Waals surface area contributed by atoms with Gasteiger partial charge in [0.15, 0.2) is 5.78 Å². The van der Waals surface area contributed by atoms with Crippen LogP contribution in [0.25, 0.3) is 22.3 Å². The Bertz CT molecular complexity index is 1690. The molecule has 1 aromatic carbocycles. The predicted octanol–water partition coefficient (Wildman–Crippen LogP) is 4.29. The number of rotatable bonds is 6. The summed E-state index contributed by atoms with van der Waals surface area (Å²) >= 11 is 0. The van der Waals surface area contributed by atoms with Gasteiger partial charge in [0.25, 0.3) is 5.56 Å². The highest BCUT2D eigenvalue weighted by atomic mass is 19.1. The number of nitrogens with zero attached hydrogens (tertiary/aromatic N) is 2. The van der Waals surface area contributed by atoms with Crippen molar-refractivity contribution in [3.8, 4) is 11.4 Å². The number of hydrogen-bond donors (Lipinski definition) is 2. The van der Waals surface area contributed by atoms with Gasteiger partial charge in [0, 0.05) is 34.6 Å². The lowest BCUT2D eigenvalue weighted by Crippen LogP contribution is -2.43. The normalized spacial score (nSPS) is 21.6. The Hall–Kier alpha value is -3.43. The molecule has 0 spiro atoms. The van der Waals surface area contributed by atoms with E-state index >= 15 is 4.39 Å². The summed E-state index contributed by atoms with van der Waals surface area (Å²) in [6, 6.07) is 2.80. The molecule has 2 aliphatic carbocycles. The van der Waals surface area contributed by atoms with Gasteiger partial charge < -0.3 is 19.7 Å². The molecule has 1 aliphatic heterocycles. The Kier molecular flexibility index (Phi) is 6.65. The number of hydrogen-bond acceptors (Lipinski definition) is 6. The summed E-state index contributed by atoms with van der Waals surface area (Å²) in [5, 5.41) is 15.4. The first-order valence-corrected chi connectivity index (χ1v) is 14.6. The molecule has 2 N–H and O–H groups in total. The van der Waals surface area contributed by atoms with Crippen LogP contribution in [0.4, 0.5) is 4.39 Å². The third-order valence-corrected chi connectivity index (χ3v) is 9.07. The van der Waals surface area contributed by atoms with Gasteiger partial charge in [-0.25, -0.2) is 9.37 Å². The van der Waals surface area contributed by atoms with Crippen LogP contribution in [-0.4, -0.2) is 38.6 Å². The number of pyridine rings is 2. The second kappa shape index (κ2) is 9.84. The van der Waals surface area contributed by atoms with Crippen molar-refractivity contribution in [2.24, 2.45) is 0 Å². The smallest absolute Gasteiger partial charge is 0.254 e. The van der Waals surface area contributed by atoms with Crippen molar-refractivity contribution in [3.63, 3.8) is 0 Å². The van der Waals surface area contributed by atoms with Crippen LogP contribution in [0, 0.1) is 12.7 Å². The Balaban J connectivity index is 1.52. The Morgan fingerprint density at radius 1 is 1.20 bits per heavy atom. The molecule has 3 aliphatic rings. The monoisotopic (exact) mass is 561 g/mol.